The fraction of sp³-hybridized carbons (Fsp3) is 0.778. The van der Waals surface area contributed by atoms with Crippen molar-refractivity contribution in [2.75, 3.05) is 0 Å². The molecule has 0 aliphatic carbocycles. The van der Waals surface area contributed by atoms with Gasteiger partial charge in [0.2, 0.25) is 0 Å². The molecule has 0 saturated carbocycles. The van der Waals surface area contributed by atoms with Crippen molar-refractivity contribution in [2.24, 2.45) is 5.10 Å². The fourth-order valence-corrected chi connectivity index (χ4v) is 1.05. The first-order chi connectivity index (χ1) is 5.59. The molecule has 0 aromatic heterocycles. The highest BCUT2D eigenvalue weighted by atomic mass is 16.1. The number of hydrazone groups is 1. The van der Waals surface area contributed by atoms with Gasteiger partial charge in [-0.1, -0.05) is 0 Å². The van der Waals surface area contributed by atoms with Gasteiger partial charge in [-0.15, -0.1) is 0 Å². The fourth-order valence-electron chi connectivity index (χ4n) is 1.05. The van der Waals surface area contributed by atoms with E-state index in [2.05, 4.69) is 32.8 Å². The average Bonchev–Trinajstić information content (AvgIpc) is 1.96. The maximum absolute atomic E-state index is 10.0. The molecule has 0 bridgehead atoms. The van der Waals surface area contributed by atoms with E-state index in [1.165, 1.54) is 0 Å². The first-order valence-electron chi connectivity index (χ1n) is 4.34. The van der Waals surface area contributed by atoms with E-state index < -0.39 is 0 Å². The SMILES string of the molecule is CC(C)N(/N=C\CC=O)C(C)C. The summed E-state index contributed by atoms with van der Waals surface area (Å²) in [6.45, 7) is 8.33. The summed E-state index contributed by atoms with van der Waals surface area (Å²) in [4.78, 5) is 10.0. The van der Waals surface area contributed by atoms with Gasteiger partial charge in [0, 0.05) is 24.7 Å². The second-order valence-electron chi connectivity index (χ2n) is 3.27. The van der Waals surface area contributed by atoms with Crippen molar-refractivity contribution in [2.45, 2.75) is 46.2 Å². The van der Waals surface area contributed by atoms with Crippen molar-refractivity contribution >= 4 is 12.5 Å². The lowest BCUT2D eigenvalue weighted by molar-refractivity contribution is -0.106. The summed E-state index contributed by atoms with van der Waals surface area (Å²) in [5.41, 5.74) is 0. The van der Waals surface area contributed by atoms with E-state index in [9.17, 15) is 4.79 Å². The van der Waals surface area contributed by atoms with Crippen molar-refractivity contribution in [3.63, 3.8) is 0 Å². The smallest absolute Gasteiger partial charge is 0.125 e. The van der Waals surface area contributed by atoms with Gasteiger partial charge in [0.25, 0.3) is 0 Å². The van der Waals surface area contributed by atoms with E-state index in [1.54, 1.807) is 6.21 Å². The lowest BCUT2D eigenvalue weighted by atomic mass is 10.3. The monoisotopic (exact) mass is 170 g/mol. The molecule has 0 aromatic rings. The number of hydrogen-bond donors (Lipinski definition) is 0. The van der Waals surface area contributed by atoms with Gasteiger partial charge in [-0.25, -0.2) is 0 Å². The number of rotatable bonds is 5. The zero-order valence-corrected chi connectivity index (χ0v) is 8.32. The second kappa shape index (κ2) is 5.75. The zero-order chi connectivity index (χ0) is 9.56. The minimum Gasteiger partial charge on any atom is -0.303 e. The van der Waals surface area contributed by atoms with E-state index in [4.69, 9.17) is 0 Å². The van der Waals surface area contributed by atoms with Crippen LogP contribution in [-0.4, -0.2) is 29.6 Å². The molecule has 3 nitrogen and oxygen atoms in total. The molecule has 0 aliphatic rings. The standard InChI is InChI=1S/C9H18N2O/c1-8(2)11(9(3)4)10-6-5-7-12/h6-9H,5H2,1-4H3/b10-6-. The highest BCUT2D eigenvalue weighted by molar-refractivity contribution is 5.75. The third-order valence-corrected chi connectivity index (χ3v) is 1.47. The summed E-state index contributed by atoms with van der Waals surface area (Å²) in [5, 5.41) is 6.17. The minimum absolute atomic E-state index is 0.382. The van der Waals surface area contributed by atoms with Crippen molar-refractivity contribution in [3.05, 3.63) is 0 Å². The number of hydrogen-bond acceptors (Lipinski definition) is 3. The minimum atomic E-state index is 0.382. The summed E-state index contributed by atoms with van der Waals surface area (Å²) in [6.07, 6.45) is 2.89. The highest BCUT2D eigenvalue weighted by Crippen LogP contribution is 2.04. The van der Waals surface area contributed by atoms with Crippen LogP contribution in [0.2, 0.25) is 0 Å². The Morgan fingerprint density at radius 3 is 2.08 bits per heavy atom. The number of carbonyl (C=O) groups excluding carboxylic acids is 1. The normalized spacial score (nSPS) is 11.5. The van der Waals surface area contributed by atoms with Crippen molar-refractivity contribution in [3.8, 4) is 0 Å². The molecule has 0 rings (SSSR count). The Bertz CT molecular complexity index is 145. The van der Waals surface area contributed by atoms with Gasteiger partial charge in [-0.3, -0.25) is 5.01 Å². The molecule has 0 spiro atoms. The van der Waals surface area contributed by atoms with Crippen LogP contribution in [0.1, 0.15) is 34.1 Å². The zero-order valence-electron chi connectivity index (χ0n) is 8.32. The first kappa shape index (κ1) is 11.1. The van der Waals surface area contributed by atoms with Crippen LogP contribution in [-0.2, 0) is 4.79 Å². The predicted molar refractivity (Wildman–Crippen MR) is 51.3 cm³/mol. The molecule has 12 heavy (non-hydrogen) atoms. The van der Waals surface area contributed by atoms with Gasteiger partial charge in [0.05, 0.1) is 0 Å². The van der Waals surface area contributed by atoms with Crippen molar-refractivity contribution in [1.82, 2.24) is 5.01 Å². The van der Waals surface area contributed by atoms with Gasteiger partial charge >= 0.3 is 0 Å². The Morgan fingerprint density at radius 1 is 1.25 bits per heavy atom. The van der Waals surface area contributed by atoms with Crippen molar-refractivity contribution < 1.29 is 4.79 Å². The van der Waals surface area contributed by atoms with Crippen LogP contribution in [0.5, 0.6) is 0 Å². The van der Waals surface area contributed by atoms with E-state index in [0.29, 0.717) is 18.5 Å². The Morgan fingerprint density at radius 2 is 1.75 bits per heavy atom. The topological polar surface area (TPSA) is 32.7 Å². The molecular formula is C9H18N2O. The molecule has 0 N–H and O–H groups in total. The molecule has 0 aliphatic heterocycles. The van der Waals surface area contributed by atoms with Gasteiger partial charge in [0.1, 0.15) is 6.29 Å². The number of aldehydes is 1. The van der Waals surface area contributed by atoms with Crippen LogP contribution in [0, 0.1) is 0 Å². The maximum Gasteiger partial charge on any atom is 0.125 e. The molecule has 3 heteroatoms. The number of carbonyl (C=O) groups is 1. The van der Waals surface area contributed by atoms with Crippen LogP contribution in [0.4, 0.5) is 0 Å². The molecular weight excluding hydrogens is 152 g/mol. The summed E-state index contributed by atoms with van der Waals surface area (Å²) < 4.78 is 0. The lowest BCUT2D eigenvalue weighted by Crippen LogP contribution is -2.32. The van der Waals surface area contributed by atoms with Crippen LogP contribution >= 0.6 is 0 Å². The van der Waals surface area contributed by atoms with Crippen LogP contribution in [0.3, 0.4) is 0 Å². The third-order valence-electron chi connectivity index (χ3n) is 1.47. The predicted octanol–water partition coefficient (Wildman–Crippen LogP) is 1.68. The summed E-state index contributed by atoms with van der Waals surface area (Å²) in [6, 6.07) is 0.765. The molecule has 0 aromatic carbocycles. The second-order valence-corrected chi connectivity index (χ2v) is 3.27. The Balaban J connectivity index is 4.03. The first-order valence-corrected chi connectivity index (χ1v) is 4.34. The summed E-state index contributed by atoms with van der Waals surface area (Å²) in [7, 11) is 0. The summed E-state index contributed by atoms with van der Waals surface area (Å²) in [5.74, 6) is 0. The average molecular weight is 170 g/mol. The van der Waals surface area contributed by atoms with Gasteiger partial charge < -0.3 is 4.79 Å². The molecule has 0 atom stereocenters. The van der Waals surface area contributed by atoms with Gasteiger partial charge in [0.15, 0.2) is 0 Å². The molecule has 0 amide bonds. The van der Waals surface area contributed by atoms with E-state index >= 15 is 0 Å². The lowest BCUT2D eigenvalue weighted by Gasteiger charge is -2.27. The largest absolute Gasteiger partial charge is 0.303 e. The Hall–Kier alpha value is -0.860. The van der Waals surface area contributed by atoms with Crippen molar-refractivity contribution in [1.29, 1.82) is 0 Å². The molecule has 70 valence electrons. The van der Waals surface area contributed by atoms with Crippen LogP contribution in [0.25, 0.3) is 0 Å². The Kier molecular flexibility index (Phi) is 5.34. The quantitative estimate of drug-likeness (QED) is 0.357. The van der Waals surface area contributed by atoms with Crippen LogP contribution < -0.4 is 0 Å². The molecule has 0 unspecified atom stereocenters. The van der Waals surface area contributed by atoms with Gasteiger partial charge in [-0.05, 0) is 27.7 Å². The maximum atomic E-state index is 10.0. The van der Waals surface area contributed by atoms with Crippen LogP contribution in [0.15, 0.2) is 5.10 Å². The molecule has 0 radical (unpaired) electrons. The summed E-state index contributed by atoms with van der Waals surface area (Å²) >= 11 is 0. The van der Waals surface area contributed by atoms with E-state index in [-0.39, 0.29) is 0 Å². The molecule has 0 heterocycles. The molecule has 0 saturated heterocycles. The third kappa shape index (κ3) is 4.11. The Labute approximate surface area is 74.4 Å². The van der Waals surface area contributed by atoms with Gasteiger partial charge in [-0.2, -0.15) is 5.10 Å². The van der Waals surface area contributed by atoms with E-state index in [1.807, 2.05) is 5.01 Å². The molecule has 0 fully saturated rings. The highest BCUT2D eigenvalue weighted by Gasteiger charge is 2.08. The van der Waals surface area contributed by atoms with E-state index in [0.717, 1.165) is 6.29 Å². The number of nitrogens with zero attached hydrogens (tertiary/aromatic N) is 2.